The number of carbonyl (C=O) groups excluding carboxylic acids is 1. The highest BCUT2D eigenvalue weighted by Gasteiger charge is 2.45. The molecule has 2 rings (SSSR count). The number of aliphatic hydroxyl groups is 4. The van der Waals surface area contributed by atoms with Gasteiger partial charge in [0.25, 0.3) is 0 Å². The number of methoxy groups -OCH3 is 1. The molecule has 0 amide bonds. The van der Waals surface area contributed by atoms with E-state index >= 15 is 0 Å². The third-order valence-corrected chi connectivity index (χ3v) is 4.01. The second-order valence-electron chi connectivity index (χ2n) is 5.56. The number of hydrogen-bond donors (Lipinski definition) is 5. The number of hydrogen-bond acceptors (Lipinski definition) is 8. The number of ether oxygens (including phenoxy) is 2. The van der Waals surface area contributed by atoms with E-state index in [0.29, 0.717) is 5.56 Å². The van der Waals surface area contributed by atoms with Gasteiger partial charge in [-0.2, -0.15) is 0 Å². The minimum atomic E-state index is -1.57. The van der Waals surface area contributed by atoms with E-state index in [4.69, 9.17) is 9.47 Å². The molecular weight excluding hydrogens is 320 g/mol. The topological polar surface area (TPSA) is 137 Å². The van der Waals surface area contributed by atoms with Crippen molar-refractivity contribution in [2.24, 2.45) is 0 Å². The second-order valence-corrected chi connectivity index (χ2v) is 5.56. The minimum Gasteiger partial charge on any atom is -0.504 e. The second kappa shape index (κ2) is 7.76. The molecular formula is C16H20O8. The van der Waals surface area contributed by atoms with Crippen LogP contribution < -0.4 is 4.74 Å². The van der Waals surface area contributed by atoms with Gasteiger partial charge in [0.05, 0.1) is 13.7 Å². The first-order chi connectivity index (χ1) is 11.4. The van der Waals surface area contributed by atoms with Crippen molar-refractivity contribution >= 4 is 5.94 Å². The Morgan fingerprint density at radius 1 is 1.25 bits per heavy atom. The van der Waals surface area contributed by atoms with E-state index in [9.17, 15) is 30.3 Å². The third kappa shape index (κ3) is 3.59. The fourth-order valence-electron chi connectivity index (χ4n) is 2.64. The number of phenolic OH excluding ortho intramolecular Hbond substituents is 1. The van der Waals surface area contributed by atoms with E-state index in [1.54, 1.807) is 12.0 Å². The number of phenols is 1. The van der Waals surface area contributed by atoms with E-state index in [1.165, 1.54) is 19.2 Å². The summed E-state index contributed by atoms with van der Waals surface area (Å²) < 4.78 is 10.3. The van der Waals surface area contributed by atoms with Crippen molar-refractivity contribution in [2.45, 2.75) is 36.9 Å². The standard InChI is InChI=1S/C16H20O8/c1-23-11-5-8(2-3-10(11)19)4-9(6-17)16-15(22)14(21)13(20)12(7-18)24-16/h2-3,5,12-16,18-22H,4,7H2,1H3/t12-,13-,14+,15-,16?/m1/s1. The van der Waals surface area contributed by atoms with Gasteiger partial charge in [-0.25, -0.2) is 4.79 Å². The van der Waals surface area contributed by atoms with Gasteiger partial charge in [-0.05, 0) is 17.7 Å². The molecule has 0 aliphatic carbocycles. The average Bonchev–Trinajstić information content (AvgIpc) is 2.59. The van der Waals surface area contributed by atoms with Crippen molar-refractivity contribution in [1.29, 1.82) is 0 Å². The summed E-state index contributed by atoms with van der Waals surface area (Å²) in [6.45, 7) is -0.583. The van der Waals surface area contributed by atoms with Crippen LogP contribution in [0.4, 0.5) is 0 Å². The lowest BCUT2D eigenvalue weighted by Crippen LogP contribution is -2.59. The van der Waals surface area contributed by atoms with Crippen molar-refractivity contribution in [1.82, 2.24) is 0 Å². The van der Waals surface area contributed by atoms with Gasteiger partial charge in [-0.1, -0.05) is 6.07 Å². The molecule has 0 aromatic heterocycles. The van der Waals surface area contributed by atoms with Crippen LogP contribution in [0.5, 0.6) is 11.5 Å². The Hall–Kier alpha value is -1.93. The summed E-state index contributed by atoms with van der Waals surface area (Å²) in [7, 11) is 1.38. The smallest absolute Gasteiger partial charge is 0.160 e. The van der Waals surface area contributed by atoms with Crippen molar-refractivity contribution in [3.05, 3.63) is 29.3 Å². The fourth-order valence-corrected chi connectivity index (χ4v) is 2.64. The molecule has 132 valence electrons. The zero-order chi connectivity index (χ0) is 17.9. The van der Waals surface area contributed by atoms with E-state index in [-0.39, 0.29) is 23.5 Å². The highest BCUT2D eigenvalue weighted by molar-refractivity contribution is 5.57. The Bertz CT molecular complexity index is 623. The predicted octanol–water partition coefficient (Wildman–Crippen LogP) is -1.46. The maximum Gasteiger partial charge on any atom is 0.160 e. The predicted molar refractivity (Wildman–Crippen MR) is 81.3 cm³/mol. The van der Waals surface area contributed by atoms with Crippen LogP contribution in [0.25, 0.3) is 0 Å². The minimum absolute atomic E-state index is 0.000331. The fraction of sp³-hybridized carbons (Fsp3) is 0.500. The molecule has 1 heterocycles. The van der Waals surface area contributed by atoms with Crippen LogP contribution >= 0.6 is 0 Å². The van der Waals surface area contributed by atoms with Gasteiger partial charge in [-0.15, -0.1) is 0 Å². The summed E-state index contributed by atoms with van der Waals surface area (Å²) in [5, 5.41) is 48.4. The summed E-state index contributed by atoms with van der Waals surface area (Å²) in [5.41, 5.74) is 0.583. The Morgan fingerprint density at radius 2 is 1.96 bits per heavy atom. The zero-order valence-corrected chi connectivity index (χ0v) is 13.0. The molecule has 1 saturated heterocycles. The van der Waals surface area contributed by atoms with Gasteiger partial charge in [0.2, 0.25) is 0 Å². The van der Waals surface area contributed by atoms with E-state index < -0.39 is 37.1 Å². The first-order valence-corrected chi connectivity index (χ1v) is 7.33. The molecule has 1 unspecified atom stereocenters. The van der Waals surface area contributed by atoms with E-state index in [2.05, 4.69) is 0 Å². The Labute approximate surface area is 138 Å². The van der Waals surface area contributed by atoms with Gasteiger partial charge in [0, 0.05) is 12.0 Å². The number of rotatable bonds is 5. The normalized spacial score (nSPS) is 29.8. The monoisotopic (exact) mass is 340 g/mol. The van der Waals surface area contributed by atoms with Crippen LogP contribution in [0.2, 0.25) is 0 Å². The molecule has 0 bridgehead atoms. The van der Waals surface area contributed by atoms with Crippen molar-refractivity contribution < 1.29 is 39.8 Å². The van der Waals surface area contributed by atoms with Crippen LogP contribution in [0.15, 0.2) is 23.8 Å². The van der Waals surface area contributed by atoms with E-state index in [0.717, 1.165) is 0 Å². The molecule has 8 nitrogen and oxygen atoms in total. The van der Waals surface area contributed by atoms with Gasteiger partial charge < -0.3 is 35.0 Å². The molecule has 0 saturated carbocycles. The summed E-state index contributed by atoms with van der Waals surface area (Å²) in [5.74, 6) is 1.84. The Morgan fingerprint density at radius 3 is 2.54 bits per heavy atom. The molecule has 1 aliphatic rings. The lowest BCUT2D eigenvalue weighted by molar-refractivity contribution is -0.219. The van der Waals surface area contributed by atoms with Crippen molar-refractivity contribution in [3.63, 3.8) is 0 Å². The molecule has 5 N–H and O–H groups in total. The summed E-state index contributed by atoms with van der Waals surface area (Å²) >= 11 is 0. The van der Waals surface area contributed by atoms with Gasteiger partial charge >= 0.3 is 0 Å². The van der Waals surface area contributed by atoms with Gasteiger partial charge in [0.1, 0.15) is 36.5 Å². The number of benzene rings is 1. The first kappa shape index (κ1) is 18.4. The number of aliphatic hydroxyl groups excluding tert-OH is 4. The maximum absolute atomic E-state index is 11.3. The molecule has 5 atom stereocenters. The zero-order valence-electron chi connectivity index (χ0n) is 13.0. The molecule has 1 aromatic rings. The third-order valence-electron chi connectivity index (χ3n) is 4.01. The lowest BCUT2D eigenvalue weighted by Gasteiger charge is -2.40. The SMILES string of the molecule is COc1cc(CC(=C=O)C2O[C@H](CO)[C@@H](O)[C@H](O)[C@H]2O)ccc1O. The first-order valence-electron chi connectivity index (χ1n) is 7.33. The van der Waals surface area contributed by atoms with E-state index in [1.807, 2.05) is 0 Å². The highest BCUT2D eigenvalue weighted by atomic mass is 16.5. The number of aromatic hydroxyl groups is 1. The molecule has 0 radical (unpaired) electrons. The van der Waals surface area contributed by atoms with Crippen LogP contribution in [0.1, 0.15) is 5.56 Å². The van der Waals surface area contributed by atoms with Crippen molar-refractivity contribution in [3.8, 4) is 11.5 Å². The summed E-state index contributed by atoms with van der Waals surface area (Å²) in [4.78, 5) is 11.3. The van der Waals surface area contributed by atoms with Crippen LogP contribution in [-0.4, -0.2) is 75.7 Å². The van der Waals surface area contributed by atoms with Crippen LogP contribution in [0, 0.1) is 0 Å². The molecule has 8 heteroatoms. The molecule has 1 aliphatic heterocycles. The Kier molecular flexibility index (Phi) is 5.95. The largest absolute Gasteiger partial charge is 0.504 e. The quantitative estimate of drug-likeness (QED) is 0.410. The van der Waals surface area contributed by atoms with Gasteiger partial charge in [0.15, 0.2) is 11.5 Å². The molecule has 1 aromatic carbocycles. The van der Waals surface area contributed by atoms with Gasteiger partial charge in [-0.3, -0.25) is 0 Å². The average molecular weight is 340 g/mol. The van der Waals surface area contributed by atoms with Crippen LogP contribution in [-0.2, 0) is 16.0 Å². The molecule has 24 heavy (non-hydrogen) atoms. The maximum atomic E-state index is 11.3. The lowest BCUT2D eigenvalue weighted by atomic mass is 9.89. The molecule has 1 fully saturated rings. The Balaban J connectivity index is 2.23. The summed E-state index contributed by atoms with van der Waals surface area (Å²) in [6.07, 6.45) is -6.92. The highest BCUT2D eigenvalue weighted by Crippen LogP contribution is 2.30. The molecule has 0 spiro atoms. The summed E-state index contributed by atoms with van der Waals surface area (Å²) in [6, 6.07) is 4.46. The van der Waals surface area contributed by atoms with Crippen molar-refractivity contribution in [2.75, 3.05) is 13.7 Å². The van der Waals surface area contributed by atoms with Crippen LogP contribution in [0.3, 0.4) is 0 Å².